The van der Waals surface area contributed by atoms with Gasteiger partial charge in [-0.1, -0.05) is 53.7 Å². The number of carbonyl (C=O) groups is 1. The molecule has 0 spiro atoms. The molecule has 0 saturated heterocycles. The number of thioether (sulfide) groups is 1. The van der Waals surface area contributed by atoms with Crippen molar-refractivity contribution in [1.29, 1.82) is 0 Å². The highest BCUT2D eigenvalue weighted by Crippen LogP contribution is 2.24. The Bertz CT molecular complexity index is 1010. The highest BCUT2D eigenvalue weighted by Gasteiger charge is 2.14. The Balaban J connectivity index is 1.62. The van der Waals surface area contributed by atoms with Crippen molar-refractivity contribution >= 4 is 23.4 Å². The summed E-state index contributed by atoms with van der Waals surface area (Å²) in [6.45, 7) is 6.50. The minimum absolute atomic E-state index is 0.159. The van der Waals surface area contributed by atoms with Gasteiger partial charge in [-0.2, -0.15) is 5.10 Å². The molecule has 3 rings (SSSR count). The molecule has 0 saturated carbocycles. The zero-order chi connectivity index (χ0) is 20.8. The monoisotopic (exact) mass is 411 g/mol. The van der Waals surface area contributed by atoms with Crippen LogP contribution in [0.25, 0.3) is 11.4 Å². The third-order valence-electron chi connectivity index (χ3n) is 4.29. The molecule has 0 radical (unpaired) electrons. The zero-order valence-corrected chi connectivity index (χ0v) is 17.3. The summed E-state index contributed by atoms with van der Waals surface area (Å²) in [7, 11) is 0. The van der Waals surface area contributed by atoms with E-state index >= 15 is 0 Å². The van der Waals surface area contributed by atoms with E-state index in [1.807, 2.05) is 42.7 Å². The minimum Gasteiger partial charge on any atom is -0.302 e. The second kappa shape index (κ2) is 9.47. The van der Waals surface area contributed by atoms with Crippen LogP contribution in [0.1, 0.15) is 25.0 Å². The van der Waals surface area contributed by atoms with Gasteiger partial charge in [0.2, 0.25) is 0 Å². The maximum atomic E-state index is 13.0. The molecule has 0 bridgehead atoms. The van der Waals surface area contributed by atoms with Crippen LogP contribution < -0.4 is 5.43 Å². The molecule has 6 nitrogen and oxygen atoms in total. The third kappa shape index (κ3) is 5.29. The molecule has 0 unspecified atom stereocenters. The highest BCUT2D eigenvalue weighted by molar-refractivity contribution is 7.99. The molecule has 0 aliphatic carbocycles. The first-order chi connectivity index (χ1) is 14.0. The van der Waals surface area contributed by atoms with Crippen LogP contribution in [0.15, 0.2) is 58.8 Å². The number of benzene rings is 2. The third-order valence-corrected chi connectivity index (χ3v) is 5.25. The number of nitrogens with zero attached hydrogens (tertiary/aromatic N) is 4. The molecular weight excluding hydrogens is 389 g/mol. The van der Waals surface area contributed by atoms with Crippen LogP contribution in [0.2, 0.25) is 0 Å². The van der Waals surface area contributed by atoms with Gasteiger partial charge < -0.3 is 4.57 Å². The molecule has 1 aromatic heterocycles. The molecule has 0 aliphatic rings. The topological polar surface area (TPSA) is 72.2 Å². The molecule has 2 aromatic carbocycles. The quantitative estimate of drug-likeness (QED) is 0.362. The van der Waals surface area contributed by atoms with Crippen molar-refractivity contribution in [2.45, 2.75) is 32.5 Å². The number of carbonyl (C=O) groups excluding carboxylic acids is 1. The Morgan fingerprint density at radius 1 is 1.14 bits per heavy atom. The standard InChI is InChI=1S/C21H22FN5OS/c1-4-27-20(17-7-5-14(2)6-8-17)25-26-21(27)29-13-19(28)24-23-15(3)16-9-11-18(22)12-10-16/h5-12H,4,13H2,1-3H3,(H,24,28). The van der Waals surface area contributed by atoms with Gasteiger partial charge in [0.25, 0.3) is 5.91 Å². The fourth-order valence-electron chi connectivity index (χ4n) is 2.66. The predicted molar refractivity (Wildman–Crippen MR) is 113 cm³/mol. The van der Waals surface area contributed by atoms with Crippen molar-refractivity contribution < 1.29 is 9.18 Å². The average Bonchev–Trinajstić information content (AvgIpc) is 3.14. The van der Waals surface area contributed by atoms with Crippen LogP contribution in [0.4, 0.5) is 4.39 Å². The number of aryl methyl sites for hydroxylation is 1. The average molecular weight is 412 g/mol. The van der Waals surface area contributed by atoms with Gasteiger partial charge in [0.15, 0.2) is 11.0 Å². The number of halogens is 1. The van der Waals surface area contributed by atoms with Gasteiger partial charge in [0, 0.05) is 12.1 Å². The first kappa shape index (κ1) is 20.7. The summed E-state index contributed by atoms with van der Waals surface area (Å²) in [6, 6.07) is 14.0. The molecule has 29 heavy (non-hydrogen) atoms. The number of nitrogens with one attached hydrogen (secondary N) is 1. The Morgan fingerprint density at radius 3 is 2.48 bits per heavy atom. The van der Waals surface area contributed by atoms with E-state index < -0.39 is 0 Å². The predicted octanol–water partition coefficient (Wildman–Crippen LogP) is 4.05. The lowest BCUT2D eigenvalue weighted by Crippen LogP contribution is -2.21. The van der Waals surface area contributed by atoms with Crippen molar-refractivity contribution in [2.24, 2.45) is 5.10 Å². The van der Waals surface area contributed by atoms with E-state index in [1.165, 1.54) is 29.5 Å². The van der Waals surface area contributed by atoms with Gasteiger partial charge in [-0.05, 0) is 38.5 Å². The molecular formula is C21H22FN5OS. The summed E-state index contributed by atoms with van der Waals surface area (Å²) in [5.41, 5.74) is 6.03. The van der Waals surface area contributed by atoms with Crippen molar-refractivity contribution in [2.75, 3.05) is 5.75 Å². The van der Waals surface area contributed by atoms with Crippen molar-refractivity contribution in [1.82, 2.24) is 20.2 Å². The number of aromatic nitrogens is 3. The van der Waals surface area contributed by atoms with E-state index in [-0.39, 0.29) is 17.5 Å². The normalized spacial score (nSPS) is 11.5. The lowest BCUT2D eigenvalue weighted by Gasteiger charge is -2.07. The lowest BCUT2D eigenvalue weighted by atomic mass is 10.1. The van der Waals surface area contributed by atoms with Gasteiger partial charge in [0.05, 0.1) is 11.5 Å². The molecule has 1 N–H and O–H groups in total. The Labute approximate surface area is 173 Å². The van der Waals surface area contributed by atoms with Crippen LogP contribution in [0, 0.1) is 12.7 Å². The van der Waals surface area contributed by atoms with Crippen molar-refractivity contribution in [3.8, 4) is 11.4 Å². The van der Waals surface area contributed by atoms with Gasteiger partial charge in [-0.3, -0.25) is 4.79 Å². The molecule has 150 valence electrons. The molecule has 0 atom stereocenters. The van der Waals surface area contributed by atoms with Gasteiger partial charge in [-0.25, -0.2) is 9.82 Å². The first-order valence-corrected chi connectivity index (χ1v) is 10.2. The van der Waals surface area contributed by atoms with Crippen molar-refractivity contribution in [3.63, 3.8) is 0 Å². The number of amides is 1. The van der Waals surface area contributed by atoms with E-state index in [4.69, 9.17) is 0 Å². The number of hydrazone groups is 1. The SMILES string of the molecule is CCn1c(SCC(=O)NN=C(C)c2ccc(F)cc2)nnc1-c1ccc(C)cc1. The number of rotatable bonds is 7. The Morgan fingerprint density at radius 2 is 1.83 bits per heavy atom. The molecule has 0 aliphatic heterocycles. The molecule has 3 aromatic rings. The summed E-state index contributed by atoms with van der Waals surface area (Å²) in [5.74, 6) is 0.373. The summed E-state index contributed by atoms with van der Waals surface area (Å²) < 4.78 is 15.0. The van der Waals surface area contributed by atoms with Crippen LogP contribution in [0.5, 0.6) is 0 Å². The molecule has 1 heterocycles. The molecule has 0 fully saturated rings. The maximum absolute atomic E-state index is 13.0. The van der Waals surface area contributed by atoms with Crippen LogP contribution in [0.3, 0.4) is 0 Å². The van der Waals surface area contributed by atoms with Gasteiger partial charge in [0.1, 0.15) is 5.82 Å². The van der Waals surface area contributed by atoms with E-state index in [0.29, 0.717) is 17.4 Å². The number of hydrogen-bond acceptors (Lipinski definition) is 5. The van der Waals surface area contributed by atoms with E-state index in [2.05, 4.69) is 20.7 Å². The first-order valence-electron chi connectivity index (χ1n) is 9.20. The maximum Gasteiger partial charge on any atom is 0.250 e. The Kier molecular flexibility index (Phi) is 6.77. The highest BCUT2D eigenvalue weighted by atomic mass is 32.2. The summed E-state index contributed by atoms with van der Waals surface area (Å²) in [4.78, 5) is 12.2. The van der Waals surface area contributed by atoms with E-state index in [9.17, 15) is 9.18 Å². The zero-order valence-electron chi connectivity index (χ0n) is 16.5. The Hall–Kier alpha value is -3.00. The van der Waals surface area contributed by atoms with Crippen molar-refractivity contribution in [3.05, 3.63) is 65.5 Å². The largest absolute Gasteiger partial charge is 0.302 e. The molecule has 1 amide bonds. The lowest BCUT2D eigenvalue weighted by molar-refractivity contribution is -0.118. The van der Waals surface area contributed by atoms with Gasteiger partial charge in [-0.15, -0.1) is 10.2 Å². The smallest absolute Gasteiger partial charge is 0.250 e. The summed E-state index contributed by atoms with van der Waals surface area (Å²) >= 11 is 1.31. The fraction of sp³-hybridized carbons (Fsp3) is 0.238. The second-order valence-corrected chi connectivity index (χ2v) is 7.39. The fourth-order valence-corrected chi connectivity index (χ4v) is 3.46. The van der Waals surface area contributed by atoms with Gasteiger partial charge >= 0.3 is 0 Å². The van der Waals surface area contributed by atoms with Crippen LogP contribution in [-0.4, -0.2) is 32.1 Å². The van der Waals surface area contributed by atoms with E-state index in [1.54, 1.807) is 19.1 Å². The summed E-state index contributed by atoms with van der Waals surface area (Å²) in [5, 5.41) is 13.3. The second-order valence-electron chi connectivity index (χ2n) is 6.44. The number of hydrogen-bond donors (Lipinski definition) is 1. The minimum atomic E-state index is -0.313. The summed E-state index contributed by atoms with van der Waals surface area (Å²) in [6.07, 6.45) is 0. The van der Waals surface area contributed by atoms with Crippen LogP contribution in [-0.2, 0) is 11.3 Å². The van der Waals surface area contributed by atoms with E-state index in [0.717, 1.165) is 17.0 Å². The molecule has 8 heteroatoms. The van der Waals surface area contributed by atoms with Crippen LogP contribution >= 0.6 is 11.8 Å².